The number of carboxylic acid groups (broad SMARTS) is 1. The summed E-state index contributed by atoms with van der Waals surface area (Å²) in [5, 5.41) is 22.2. The lowest BCUT2D eigenvalue weighted by Crippen LogP contribution is -2.56. The second-order valence-corrected chi connectivity index (χ2v) is 3.82. The Kier molecular flexibility index (Phi) is 3.71. The van der Waals surface area contributed by atoms with Gasteiger partial charge in [0.25, 0.3) is 0 Å². The maximum Gasteiger partial charge on any atom is 0.404 e. The Bertz CT molecular complexity index is 372. The number of anilines is 1. The van der Waals surface area contributed by atoms with Crippen molar-refractivity contribution in [1.82, 2.24) is 20.8 Å². The molecule has 1 aliphatic rings. The van der Waals surface area contributed by atoms with Crippen LogP contribution in [-0.2, 0) is 0 Å². The van der Waals surface area contributed by atoms with Gasteiger partial charge in [0.1, 0.15) is 0 Å². The van der Waals surface area contributed by atoms with Crippen LogP contribution in [0.5, 0.6) is 0 Å². The minimum atomic E-state index is -1.00. The number of nitrogens with zero attached hydrogens (tertiary/aromatic N) is 3. The first kappa shape index (κ1) is 11.6. The van der Waals surface area contributed by atoms with Crippen molar-refractivity contribution in [2.24, 2.45) is 0 Å². The topological polar surface area (TPSA) is 90.4 Å². The second-order valence-electron chi connectivity index (χ2n) is 3.82. The largest absolute Gasteiger partial charge is 0.465 e. The van der Waals surface area contributed by atoms with Gasteiger partial charge in [-0.15, -0.1) is 5.10 Å². The third-order valence-corrected chi connectivity index (χ3v) is 2.69. The first-order chi connectivity index (χ1) is 8.27. The minimum Gasteiger partial charge on any atom is -0.465 e. The van der Waals surface area contributed by atoms with Crippen LogP contribution in [0.2, 0.25) is 0 Å². The highest BCUT2D eigenvalue weighted by Gasteiger charge is 2.23. The van der Waals surface area contributed by atoms with Crippen LogP contribution >= 0.6 is 0 Å². The number of hydrogen-bond acceptors (Lipinski definition) is 5. The van der Waals surface area contributed by atoms with E-state index >= 15 is 0 Å². The molecule has 1 unspecified atom stereocenters. The molecule has 0 saturated carbocycles. The van der Waals surface area contributed by atoms with Gasteiger partial charge >= 0.3 is 6.09 Å². The third-order valence-electron chi connectivity index (χ3n) is 2.69. The van der Waals surface area contributed by atoms with E-state index in [0.29, 0.717) is 6.54 Å². The van der Waals surface area contributed by atoms with E-state index in [4.69, 9.17) is 5.11 Å². The van der Waals surface area contributed by atoms with Gasteiger partial charge < -0.3 is 20.6 Å². The van der Waals surface area contributed by atoms with Crippen LogP contribution in [0, 0.1) is 0 Å². The summed E-state index contributed by atoms with van der Waals surface area (Å²) in [5.74, 6) is 0.784. The van der Waals surface area contributed by atoms with Crippen molar-refractivity contribution >= 4 is 11.9 Å². The molecule has 1 saturated heterocycles. The van der Waals surface area contributed by atoms with E-state index in [1.165, 1.54) is 0 Å². The quantitative estimate of drug-likeness (QED) is 0.658. The van der Waals surface area contributed by atoms with Gasteiger partial charge in [0.05, 0.1) is 6.04 Å². The van der Waals surface area contributed by atoms with Crippen LogP contribution in [0.4, 0.5) is 10.6 Å². The molecule has 1 aromatic rings. The zero-order valence-electron chi connectivity index (χ0n) is 9.33. The predicted octanol–water partition coefficient (Wildman–Crippen LogP) is -0.478. The van der Waals surface area contributed by atoms with Crippen LogP contribution in [-0.4, -0.2) is 53.6 Å². The predicted molar refractivity (Wildman–Crippen MR) is 62.1 cm³/mol. The summed E-state index contributed by atoms with van der Waals surface area (Å²) >= 11 is 0. The smallest absolute Gasteiger partial charge is 0.404 e. The van der Waals surface area contributed by atoms with E-state index < -0.39 is 6.09 Å². The summed E-state index contributed by atoms with van der Waals surface area (Å²) in [6, 6.07) is 3.77. The molecule has 92 valence electrons. The lowest BCUT2D eigenvalue weighted by Gasteiger charge is -2.36. The highest BCUT2D eigenvalue weighted by Crippen LogP contribution is 2.13. The van der Waals surface area contributed by atoms with E-state index in [1.54, 1.807) is 6.20 Å². The fraction of sp³-hybridized carbons (Fsp3) is 0.500. The van der Waals surface area contributed by atoms with Crippen molar-refractivity contribution in [2.45, 2.75) is 6.04 Å². The monoisotopic (exact) mass is 237 g/mol. The molecule has 0 aliphatic carbocycles. The van der Waals surface area contributed by atoms with Gasteiger partial charge in [0.15, 0.2) is 5.82 Å². The molecule has 1 aromatic heterocycles. The standard InChI is InChI=1S/C10H15N5O2/c16-10(17)12-7-8-6-11-4-5-15(8)9-2-1-3-13-14-9/h1-3,8,11-12H,4-7H2,(H,16,17). The fourth-order valence-corrected chi connectivity index (χ4v) is 1.90. The Hall–Kier alpha value is -1.89. The summed E-state index contributed by atoms with van der Waals surface area (Å²) in [6.45, 7) is 2.76. The zero-order valence-corrected chi connectivity index (χ0v) is 9.33. The van der Waals surface area contributed by atoms with Crippen molar-refractivity contribution in [1.29, 1.82) is 0 Å². The van der Waals surface area contributed by atoms with Gasteiger partial charge in [-0.2, -0.15) is 5.10 Å². The molecule has 0 radical (unpaired) electrons. The maximum atomic E-state index is 10.5. The molecule has 0 bridgehead atoms. The van der Waals surface area contributed by atoms with Crippen LogP contribution < -0.4 is 15.5 Å². The van der Waals surface area contributed by atoms with Crippen molar-refractivity contribution in [3.63, 3.8) is 0 Å². The SMILES string of the molecule is O=C(O)NCC1CNCCN1c1cccnn1. The van der Waals surface area contributed by atoms with Gasteiger partial charge in [-0.3, -0.25) is 0 Å². The number of aromatic nitrogens is 2. The number of piperazine rings is 1. The number of nitrogens with one attached hydrogen (secondary N) is 2. The van der Waals surface area contributed by atoms with Gasteiger partial charge in [0.2, 0.25) is 0 Å². The Morgan fingerprint density at radius 2 is 2.59 bits per heavy atom. The summed E-state index contributed by atoms with van der Waals surface area (Å²) in [6.07, 6.45) is 0.616. The molecule has 7 nitrogen and oxygen atoms in total. The molecule has 17 heavy (non-hydrogen) atoms. The van der Waals surface area contributed by atoms with Gasteiger partial charge in [-0.1, -0.05) is 0 Å². The van der Waals surface area contributed by atoms with Crippen LogP contribution in [0.3, 0.4) is 0 Å². The van der Waals surface area contributed by atoms with Crippen molar-refractivity contribution in [3.05, 3.63) is 18.3 Å². The molecule has 2 heterocycles. The molecular formula is C10H15N5O2. The van der Waals surface area contributed by atoms with Gasteiger partial charge in [0, 0.05) is 32.4 Å². The van der Waals surface area contributed by atoms with Gasteiger partial charge in [-0.05, 0) is 12.1 Å². The van der Waals surface area contributed by atoms with E-state index in [1.807, 2.05) is 12.1 Å². The van der Waals surface area contributed by atoms with E-state index in [0.717, 1.165) is 25.5 Å². The summed E-state index contributed by atoms with van der Waals surface area (Å²) in [7, 11) is 0. The molecule has 3 N–H and O–H groups in total. The highest BCUT2D eigenvalue weighted by molar-refractivity contribution is 5.64. The first-order valence-corrected chi connectivity index (χ1v) is 5.49. The summed E-state index contributed by atoms with van der Waals surface area (Å²) in [5.41, 5.74) is 0. The van der Waals surface area contributed by atoms with Gasteiger partial charge in [-0.25, -0.2) is 4.79 Å². The Morgan fingerprint density at radius 1 is 1.71 bits per heavy atom. The number of carbonyl (C=O) groups is 1. The molecule has 1 amide bonds. The molecule has 7 heteroatoms. The van der Waals surface area contributed by atoms with E-state index in [-0.39, 0.29) is 6.04 Å². The highest BCUT2D eigenvalue weighted by atomic mass is 16.4. The number of hydrogen-bond donors (Lipinski definition) is 3. The molecule has 2 rings (SSSR count). The molecule has 1 aliphatic heterocycles. The Balaban J connectivity index is 2.04. The third kappa shape index (κ3) is 3.04. The average molecular weight is 237 g/mol. The molecule has 0 aromatic carbocycles. The normalized spacial score (nSPS) is 20.0. The minimum absolute atomic E-state index is 0.0662. The zero-order chi connectivity index (χ0) is 12.1. The Morgan fingerprint density at radius 3 is 3.29 bits per heavy atom. The first-order valence-electron chi connectivity index (χ1n) is 5.49. The summed E-state index contributed by atoms with van der Waals surface area (Å²) in [4.78, 5) is 12.6. The van der Waals surface area contributed by atoms with E-state index in [2.05, 4.69) is 25.7 Å². The van der Waals surface area contributed by atoms with Crippen molar-refractivity contribution < 1.29 is 9.90 Å². The molecule has 0 spiro atoms. The van der Waals surface area contributed by atoms with Crippen LogP contribution in [0.15, 0.2) is 18.3 Å². The number of rotatable bonds is 3. The molecule has 1 fully saturated rings. The van der Waals surface area contributed by atoms with E-state index in [9.17, 15) is 4.79 Å². The lowest BCUT2D eigenvalue weighted by atomic mass is 10.2. The Labute approximate surface area is 98.8 Å². The molecular weight excluding hydrogens is 222 g/mol. The maximum absolute atomic E-state index is 10.5. The second kappa shape index (κ2) is 5.44. The van der Waals surface area contributed by atoms with Crippen LogP contribution in [0.1, 0.15) is 0 Å². The molecule has 1 atom stereocenters. The lowest BCUT2D eigenvalue weighted by molar-refractivity contribution is 0.193. The average Bonchev–Trinajstić information content (AvgIpc) is 2.38. The van der Waals surface area contributed by atoms with Crippen LogP contribution in [0.25, 0.3) is 0 Å². The van der Waals surface area contributed by atoms with Crippen molar-refractivity contribution in [2.75, 3.05) is 31.1 Å². The summed E-state index contributed by atoms with van der Waals surface area (Å²) < 4.78 is 0. The fourth-order valence-electron chi connectivity index (χ4n) is 1.90. The van der Waals surface area contributed by atoms with Crippen molar-refractivity contribution in [3.8, 4) is 0 Å². The number of amides is 1.